The van der Waals surface area contributed by atoms with Crippen LogP contribution < -0.4 is 5.32 Å². The molecule has 0 bridgehead atoms. The molecule has 1 unspecified atom stereocenters. The fourth-order valence-corrected chi connectivity index (χ4v) is 3.13. The third-order valence-corrected chi connectivity index (χ3v) is 4.22. The SMILES string of the molecule is CN1CCC(CNc2nc3c(cc2C#N)CCC3)C1. The van der Waals surface area contributed by atoms with Crippen molar-refractivity contribution in [2.75, 3.05) is 32.0 Å². The minimum absolute atomic E-state index is 0.673. The van der Waals surface area contributed by atoms with Crippen LogP contribution in [0.1, 0.15) is 29.7 Å². The number of aryl methyl sites for hydroxylation is 2. The number of anilines is 1. The first-order valence-electron chi connectivity index (χ1n) is 7.11. The summed E-state index contributed by atoms with van der Waals surface area (Å²) in [4.78, 5) is 7.01. The first-order valence-corrected chi connectivity index (χ1v) is 7.11. The molecule has 1 aromatic rings. The van der Waals surface area contributed by atoms with Gasteiger partial charge in [-0.1, -0.05) is 0 Å². The van der Waals surface area contributed by atoms with Gasteiger partial charge in [-0.25, -0.2) is 4.98 Å². The fourth-order valence-electron chi connectivity index (χ4n) is 3.13. The van der Waals surface area contributed by atoms with Crippen LogP contribution in [-0.2, 0) is 12.8 Å². The van der Waals surface area contributed by atoms with Crippen LogP contribution in [0.15, 0.2) is 6.07 Å². The van der Waals surface area contributed by atoms with Crippen LogP contribution >= 0.6 is 0 Å². The largest absolute Gasteiger partial charge is 0.369 e. The summed E-state index contributed by atoms with van der Waals surface area (Å²) < 4.78 is 0. The van der Waals surface area contributed by atoms with Crippen molar-refractivity contribution in [1.29, 1.82) is 5.26 Å². The lowest BCUT2D eigenvalue weighted by molar-refractivity contribution is 0.399. The Morgan fingerprint density at radius 2 is 2.42 bits per heavy atom. The zero-order valence-corrected chi connectivity index (χ0v) is 11.4. The van der Waals surface area contributed by atoms with E-state index in [-0.39, 0.29) is 0 Å². The van der Waals surface area contributed by atoms with Gasteiger partial charge in [0.15, 0.2) is 0 Å². The highest BCUT2D eigenvalue weighted by Crippen LogP contribution is 2.25. The van der Waals surface area contributed by atoms with Gasteiger partial charge in [0, 0.05) is 18.8 Å². The van der Waals surface area contributed by atoms with E-state index in [9.17, 15) is 5.26 Å². The number of hydrogen-bond acceptors (Lipinski definition) is 4. The van der Waals surface area contributed by atoms with E-state index in [4.69, 9.17) is 0 Å². The van der Waals surface area contributed by atoms with Crippen LogP contribution in [-0.4, -0.2) is 36.6 Å². The van der Waals surface area contributed by atoms with Crippen LogP contribution in [0.3, 0.4) is 0 Å². The number of nitriles is 1. The Morgan fingerprint density at radius 1 is 1.53 bits per heavy atom. The summed E-state index contributed by atoms with van der Waals surface area (Å²) in [6, 6.07) is 4.30. The summed E-state index contributed by atoms with van der Waals surface area (Å²) in [5.41, 5.74) is 3.15. The van der Waals surface area contributed by atoms with Crippen molar-refractivity contribution in [3.05, 3.63) is 22.9 Å². The lowest BCUT2D eigenvalue weighted by Crippen LogP contribution is -2.20. The number of fused-ring (bicyclic) bond motifs is 1. The summed E-state index contributed by atoms with van der Waals surface area (Å²) in [5.74, 6) is 1.46. The normalized spacial score (nSPS) is 22.2. The van der Waals surface area contributed by atoms with Gasteiger partial charge in [-0.2, -0.15) is 5.26 Å². The summed E-state index contributed by atoms with van der Waals surface area (Å²) in [5, 5.41) is 12.6. The van der Waals surface area contributed by atoms with Gasteiger partial charge in [0.1, 0.15) is 11.9 Å². The molecule has 0 radical (unpaired) electrons. The summed E-state index contributed by atoms with van der Waals surface area (Å²) in [6.07, 6.45) is 4.53. The maximum absolute atomic E-state index is 9.25. The number of rotatable bonds is 3. The topological polar surface area (TPSA) is 52.0 Å². The highest BCUT2D eigenvalue weighted by atomic mass is 15.1. The van der Waals surface area contributed by atoms with Gasteiger partial charge in [0.25, 0.3) is 0 Å². The van der Waals surface area contributed by atoms with Gasteiger partial charge >= 0.3 is 0 Å². The first kappa shape index (κ1) is 12.4. The summed E-state index contributed by atoms with van der Waals surface area (Å²) in [7, 11) is 2.16. The summed E-state index contributed by atoms with van der Waals surface area (Å²) >= 11 is 0. The van der Waals surface area contributed by atoms with E-state index in [2.05, 4.69) is 28.3 Å². The minimum atomic E-state index is 0.673. The monoisotopic (exact) mass is 256 g/mol. The predicted molar refractivity (Wildman–Crippen MR) is 75.1 cm³/mol. The molecule has 1 aliphatic heterocycles. The van der Waals surface area contributed by atoms with Crippen LogP contribution in [0.5, 0.6) is 0 Å². The van der Waals surface area contributed by atoms with E-state index in [1.54, 1.807) is 0 Å². The second-order valence-corrected chi connectivity index (χ2v) is 5.75. The number of likely N-dealkylation sites (tertiary alicyclic amines) is 1. The minimum Gasteiger partial charge on any atom is -0.369 e. The average molecular weight is 256 g/mol. The molecule has 0 saturated carbocycles. The molecule has 1 saturated heterocycles. The molecule has 0 spiro atoms. The lowest BCUT2D eigenvalue weighted by Gasteiger charge is -2.14. The van der Waals surface area contributed by atoms with Crippen LogP contribution in [0.25, 0.3) is 0 Å². The molecule has 4 nitrogen and oxygen atoms in total. The van der Waals surface area contributed by atoms with Crippen LogP contribution in [0.2, 0.25) is 0 Å². The zero-order chi connectivity index (χ0) is 13.2. The predicted octanol–water partition coefficient (Wildman–Crippen LogP) is 1.81. The summed E-state index contributed by atoms with van der Waals surface area (Å²) in [6.45, 7) is 3.24. The maximum Gasteiger partial charge on any atom is 0.144 e. The molecule has 4 heteroatoms. The van der Waals surface area contributed by atoms with Crippen molar-refractivity contribution in [3.8, 4) is 6.07 Å². The Bertz CT molecular complexity index is 518. The van der Waals surface area contributed by atoms with Gasteiger partial charge < -0.3 is 10.2 Å². The Labute approximate surface area is 114 Å². The van der Waals surface area contributed by atoms with Gasteiger partial charge in [-0.3, -0.25) is 0 Å². The van der Waals surface area contributed by atoms with Crippen LogP contribution in [0, 0.1) is 17.2 Å². The molecular weight excluding hydrogens is 236 g/mol. The van der Waals surface area contributed by atoms with Crippen molar-refractivity contribution in [3.63, 3.8) is 0 Å². The second kappa shape index (κ2) is 5.18. The Balaban J connectivity index is 1.72. The Kier molecular flexibility index (Phi) is 3.39. The van der Waals surface area contributed by atoms with Crippen LogP contribution in [0.4, 0.5) is 5.82 Å². The second-order valence-electron chi connectivity index (χ2n) is 5.75. The molecule has 0 amide bonds. The van der Waals surface area contributed by atoms with E-state index >= 15 is 0 Å². The van der Waals surface area contributed by atoms with Crippen molar-refractivity contribution >= 4 is 5.82 Å². The molecule has 1 aromatic heterocycles. The lowest BCUT2D eigenvalue weighted by atomic mass is 10.1. The van der Waals surface area contributed by atoms with Crippen molar-refractivity contribution in [2.24, 2.45) is 5.92 Å². The smallest absolute Gasteiger partial charge is 0.144 e. The highest BCUT2D eigenvalue weighted by molar-refractivity contribution is 5.55. The van der Waals surface area contributed by atoms with E-state index < -0.39 is 0 Å². The molecule has 2 heterocycles. The molecule has 1 atom stereocenters. The molecule has 19 heavy (non-hydrogen) atoms. The van der Waals surface area contributed by atoms with Crippen molar-refractivity contribution in [2.45, 2.75) is 25.7 Å². The molecule has 1 aliphatic carbocycles. The van der Waals surface area contributed by atoms with E-state index in [1.807, 2.05) is 6.07 Å². The first-order chi connectivity index (χ1) is 9.26. The number of aromatic nitrogens is 1. The molecule has 100 valence electrons. The van der Waals surface area contributed by atoms with Crippen molar-refractivity contribution in [1.82, 2.24) is 9.88 Å². The molecule has 0 aromatic carbocycles. The fraction of sp³-hybridized carbons (Fsp3) is 0.600. The van der Waals surface area contributed by atoms with Gasteiger partial charge in [-0.05, 0) is 56.8 Å². The third-order valence-electron chi connectivity index (χ3n) is 4.22. The Morgan fingerprint density at radius 3 is 3.16 bits per heavy atom. The van der Waals surface area contributed by atoms with Gasteiger partial charge in [0.05, 0.1) is 5.56 Å². The highest BCUT2D eigenvalue weighted by Gasteiger charge is 2.21. The zero-order valence-electron chi connectivity index (χ0n) is 11.4. The van der Waals surface area contributed by atoms with Crippen molar-refractivity contribution < 1.29 is 0 Å². The molecule has 3 rings (SSSR count). The molecular formula is C15H20N4. The number of nitrogens with zero attached hydrogens (tertiary/aromatic N) is 3. The van der Waals surface area contributed by atoms with Gasteiger partial charge in [-0.15, -0.1) is 0 Å². The van der Waals surface area contributed by atoms with E-state index in [0.29, 0.717) is 11.5 Å². The molecule has 1 N–H and O–H groups in total. The number of nitrogens with one attached hydrogen (secondary N) is 1. The van der Waals surface area contributed by atoms with Gasteiger partial charge in [0.2, 0.25) is 0 Å². The quantitative estimate of drug-likeness (QED) is 0.896. The maximum atomic E-state index is 9.25. The number of pyridine rings is 1. The number of hydrogen-bond donors (Lipinski definition) is 1. The Hall–Kier alpha value is -1.60. The standard InChI is InChI=1S/C15H20N4/c1-19-6-5-11(10-19)9-17-15-13(8-16)7-12-3-2-4-14(12)18-15/h7,11H,2-6,9-10H2,1H3,(H,17,18). The molecule has 1 fully saturated rings. The molecule has 2 aliphatic rings. The third kappa shape index (κ3) is 2.57. The average Bonchev–Trinajstić information content (AvgIpc) is 3.03. The van der Waals surface area contributed by atoms with E-state index in [0.717, 1.165) is 31.7 Å². The van der Waals surface area contributed by atoms with E-state index in [1.165, 1.54) is 30.6 Å².